The topological polar surface area (TPSA) is 120 Å². The minimum Gasteiger partial charge on any atom is -0.493 e. The maximum atomic E-state index is 11.5. The average Bonchev–Trinajstić information content (AvgIpc) is 2.74. The summed E-state index contributed by atoms with van der Waals surface area (Å²) >= 11 is 6.17. The molecule has 2 aromatic carbocycles. The van der Waals surface area contributed by atoms with E-state index in [1.54, 1.807) is 30.3 Å². The Bertz CT molecular complexity index is 1140. The van der Waals surface area contributed by atoms with E-state index in [4.69, 9.17) is 30.9 Å². The minimum atomic E-state index is -0.834. The SMILES string of the molecule is COc1cc2ncnc(Nc3cc(Cl)ccc3OCCCCC(=O)O)c2cc1OC(C)=O. The van der Waals surface area contributed by atoms with Crippen molar-refractivity contribution < 1.29 is 28.9 Å². The first kappa shape index (κ1) is 23.1. The molecule has 0 spiro atoms. The average molecular weight is 460 g/mol. The van der Waals surface area contributed by atoms with Crippen LogP contribution in [0, 0.1) is 0 Å². The van der Waals surface area contributed by atoms with Crippen LogP contribution in [0.1, 0.15) is 26.2 Å². The first-order valence-electron chi connectivity index (χ1n) is 9.79. The molecule has 0 aliphatic heterocycles. The molecule has 32 heavy (non-hydrogen) atoms. The third kappa shape index (κ3) is 5.98. The van der Waals surface area contributed by atoms with Gasteiger partial charge >= 0.3 is 11.9 Å². The van der Waals surface area contributed by atoms with Crippen molar-refractivity contribution in [1.82, 2.24) is 9.97 Å². The quantitative estimate of drug-likeness (QED) is 0.254. The molecular formula is C22H22ClN3O6. The van der Waals surface area contributed by atoms with Gasteiger partial charge in [0.05, 0.1) is 24.9 Å². The predicted molar refractivity (Wildman–Crippen MR) is 119 cm³/mol. The van der Waals surface area contributed by atoms with Gasteiger partial charge in [-0.25, -0.2) is 9.97 Å². The number of halogens is 1. The highest BCUT2D eigenvalue weighted by atomic mass is 35.5. The van der Waals surface area contributed by atoms with Crippen LogP contribution in [0.25, 0.3) is 10.9 Å². The van der Waals surface area contributed by atoms with Gasteiger partial charge in [0.15, 0.2) is 11.5 Å². The van der Waals surface area contributed by atoms with Crippen LogP contribution < -0.4 is 19.5 Å². The summed E-state index contributed by atoms with van der Waals surface area (Å²) in [6.07, 6.45) is 2.60. The van der Waals surface area contributed by atoms with Gasteiger partial charge in [0.1, 0.15) is 17.9 Å². The highest BCUT2D eigenvalue weighted by molar-refractivity contribution is 6.31. The third-order valence-corrected chi connectivity index (χ3v) is 4.65. The smallest absolute Gasteiger partial charge is 0.308 e. The summed E-state index contributed by atoms with van der Waals surface area (Å²) in [4.78, 5) is 30.7. The standard InChI is InChI=1S/C22H22ClN3O6/c1-13(27)32-20-10-15-16(11-19(20)30-2)24-12-25-22(15)26-17-9-14(23)6-7-18(17)31-8-4-3-5-21(28)29/h6-7,9-12H,3-5,8H2,1-2H3,(H,28,29)(H,24,25,26). The van der Waals surface area contributed by atoms with E-state index in [-0.39, 0.29) is 12.2 Å². The number of rotatable bonds is 10. The molecule has 0 atom stereocenters. The van der Waals surface area contributed by atoms with E-state index >= 15 is 0 Å². The molecule has 0 bridgehead atoms. The van der Waals surface area contributed by atoms with E-state index in [2.05, 4.69) is 15.3 Å². The number of unbranched alkanes of at least 4 members (excludes halogenated alkanes) is 1. The van der Waals surface area contributed by atoms with Gasteiger partial charge in [-0.3, -0.25) is 9.59 Å². The number of nitrogens with one attached hydrogen (secondary N) is 1. The molecule has 2 N–H and O–H groups in total. The molecule has 1 aromatic heterocycles. The maximum absolute atomic E-state index is 11.5. The summed E-state index contributed by atoms with van der Waals surface area (Å²) in [5.41, 5.74) is 1.15. The number of aliphatic carboxylic acids is 1. The third-order valence-electron chi connectivity index (χ3n) is 4.41. The lowest BCUT2D eigenvalue weighted by molar-refractivity contribution is -0.137. The molecule has 1 heterocycles. The number of aromatic nitrogens is 2. The number of anilines is 2. The highest BCUT2D eigenvalue weighted by Gasteiger charge is 2.15. The van der Waals surface area contributed by atoms with Crippen LogP contribution >= 0.6 is 11.6 Å². The van der Waals surface area contributed by atoms with Crippen molar-refractivity contribution in [1.29, 1.82) is 0 Å². The molecule has 3 aromatic rings. The number of benzene rings is 2. The van der Waals surface area contributed by atoms with Gasteiger partial charge in [-0.15, -0.1) is 0 Å². The molecule has 10 heteroatoms. The van der Waals surface area contributed by atoms with Gasteiger partial charge in [-0.2, -0.15) is 0 Å². The Hall–Kier alpha value is -3.59. The van der Waals surface area contributed by atoms with E-state index in [1.165, 1.54) is 20.4 Å². The van der Waals surface area contributed by atoms with Crippen molar-refractivity contribution in [3.8, 4) is 17.2 Å². The maximum Gasteiger partial charge on any atom is 0.308 e. The van der Waals surface area contributed by atoms with Gasteiger partial charge < -0.3 is 24.6 Å². The van der Waals surface area contributed by atoms with Crippen molar-refractivity contribution in [2.75, 3.05) is 19.0 Å². The largest absolute Gasteiger partial charge is 0.493 e. The van der Waals surface area contributed by atoms with E-state index in [0.717, 1.165) is 0 Å². The monoisotopic (exact) mass is 459 g/mol. The van der Waals surface area contributed by atoms with Crippen molar-refractivity contribution in [2.45, 2.75) is 26.2 Å². The van der Waals surface area contributed by atoms with Crippen LogP contribution in [0.15, 0.2) is 36.7 Å². The Morgan fingerprint density at radius 3 is 2.62 bits per heavy atom. The molecule has 0 amide bonds. The summed E-state index contributed by atoms with van der Waals surface area (Å²) < 4.78 is 16.4. The summed E-state index contributed by atoms with van der Waals surface area (Å²) in [6, 6.07) is 8.38. The molecule has 0 aliphatic rings. The second-order valence-electron chi connectivity index (χ2n) is 6.80. The second-order valence-corrected chi connectivity index (χ2v) is 7.24. The van der Waals surface area contributed by atoms with E-state index < -0.39 is 11.9 Å². The Balaban J connectivity index is 1.89. The Labute approximate surface area is 189 Å². The normalized spacial score (nSPS) is 10.6. The number of fused-ring (bicyclic) bond motifs is 1. The Morgan fingerprint density at radius 2 is 1.91 bits per heavy atom. The van der Waals surface area contributed by atoms with Crippen LogP contribution in [0.4, 0.5) is 11.5 Å². The molecule has 0 saturated carbocycles. The fourth-order valence-corrected chi connectivity index (χ4v) is 3.14. The van der Waals surface area contributed by atoms with E-state index in [0.29, 0.717) is 58.4 Å². The summed E-state index contributed by atoms with van der Waals surface area (Å²) in [5, 5.41) is 13.0. The number of esters is 1. The summed E-state index contributed by atoms with van der Waals surface area (Å²) in [6.45, 7) is 1.65. The molecule has 0 aliphatic carbocycles. The summed E-state index contributed by atoms with van der Waals surface area (Å²) in [5.74, 6) is 0.271. The van der Waals surface area contributed by atoms with Gasteiger partial charge in [-0.05, 0) is 37.1 Å². The number of carbonyl (C=O) groups excluding carboxylic acids is 1. The number of hydrogen-bond donors (Lipinski definition) is 2. The Kier molecular flexibility index (Phi) is 7.67. The number of methoxy groups -OCH3 is 1. The summed E-state index contributed by atoms with van der Waals surface area (Å²) in [7, 11) is 1.47. The number of nitrogens with zero attached hydrogens (tertiary/aromatic N) is 2. The molecule has 3 rings (SSSR count). The van der Waals surface area contributed by atoms with Crippen molar-refractivity contribution >= 4 is 45.9 Å². The first-order chi connectivity index (χ1) is 15.4. The first-order valence-corrected chi connectivity index (χ1v) is 10.2. The number of carboxylic acid groups (broad SMARTS) is 1. The lowest BCUT2D eigenvalue weighted by Gasteiger charge is -2.15. The van der Waals surface area contributed by atoms with Crippen LogP contribution in [-0.2, 0) is 9.59 Å². The predicted octanol–water partition coefficient (Wildman–Crippen LogP) is 4.59. The zero-order chi connectivity index (χ0) is 23.1. The second kappa shape index (κ2) is 10.6. The van der Waals surface area contributed by atoms with Gasteiger partial charge in [0.2, 0.25) is 0 Å². The lowest BCUT2D eigenvalue weighted by Crippen LogP contribution is -2.05. The Morgan fingerprint density at radius 1 is 1.09 bits per heavy atom. The van der Waals surface area contributed by atoms with Crippen molar-refractivity contribution in [3.05, 3.63) is 41.7 Å². The number of hydrogen-bond acceptors (Lipinski definition) is 8. The highest BCUT2D eigenvalue weighted by Crippen LogP contribution is 2.37. The van der Waals surface area contributed by atoms with Gasteiger partial charge in [0, 0.05) is 29.8 Å². The van der Waals surface area contributed by atoms with Crippen LogP contribution in [-0.4, -0.2) is 40.7 Å². The van der Waals surface area contributed by atoms with Gasteiger partial charge in [0.25, 0.3) is 0 Å². The number of carbonyl (C=O) groups is 2. The molecule has 0 fully saturated rings. The molecule has 0 unspecified atom stereocenters. The molecule has 0 saturated heterocycles. The number of ether oxygens (including phenoxy) is 3. The van der Waals surface area contributed by atoms with Crippen LogP contribution in [0.2, 0.25) is 5.02 Å². The van der Waals surface area contributed by atoms with Crippen molar-refractivity contribution in [3.63, 3.8) is 0 Å². The van der Waals surface area contributed by atoms with Crippen LogP contribution in [0.5, 0.6) is 17.2 Å². The van der Waals surface area contributed by atoms with Gasteiger partial charge in [-0.1, -0.05) is 11.6 Å². The fraction of sp³-hybridized carbons (Fsp3) is 0.273. The lowest BCUT2D eigenvalue weighted by atomic mass is 10.2. The van der Waals surface area contributed by atoms with Crippen molar-refractivity contribution in [2.24, 2.45) is 0 Å². The molecule has 0 radical (unpaired) electrons. The zero-order valence-corrected chi connectivity index (χ0v) is 18.3. The van der Waals surface area contributed by atoms with E-state index in [9.17, 15) is 9.59 Å². The zero-order valence-electron chi connectivity index (χ0n) is 17.6. The molecule has 9 nitrogen and oxygen atoms in total. The molecular weight excluding hydrogens is 438 g/mol. The number of carboxylic acids is 1. The van der Waals surface area contributed by atoms with E-state index in [1.807, 2.05) is 0 Å². The van der Waals surface area contributed by atoms with Crippen LogP contribution in [0.3, 0.4) is 0 Å². The fourth-order valence-electron chi connectivity index (χ4n) is 2.97. The molecule has 168 valence electrons. The minimum absolute atomic E-state index is 0.0934.